The summed E-state index contributed by atoms with van der Waals surface area (Å²) in [6.07, 6.45) is 0. The van der Waals surface area contributed by atoms with Crippen molar-refractivity contribution in [3.8, 4) is 0 Å². The average Bonchev–Trinajstić information content (AvgIpc) is 2.43. The molecule has 0 bridgehead atoms. The molecule has 0 radical (unpaired) electrons. The fourth-order valence-electron chi connectivity index (χ4n) is 1.83. The van der Waals surface area contributed by atoms with Crippen LogP contribution in [0.2, 0.25) is 0 Å². The number of hydrogen-bond acceptors (Lipinski definition) is 2. The van der Waals surface area contributed by atoms with Crippen molar-refractivity contribution in [3.63, 3.8) is 0 Å². The molecule has 0 atom stereocenters. The van der Waals surface area contributed by atoms with E-state index in [1.54, 1.807) is 6.92 Å². The van der Waals surface area contributed by atoms with Gasteiger partial charge in [-0.15, -0.1) is 0 Å². The number of thiocarbonyl (C=S) groups is 1. The molecule has 0 saturated heterocycles. The molecule has 2 aromatic carbocycles. The van der Waals surface area contributed by atoms with Crippen LogP contribution in [0.15, 0.2) is 36.4 Å². The van der Waals surface area contributed by atoms with Gasteiger partial charge in [-0.25, -0.2) is 8.78 Å². The second kappa shape index (κ2) is 5.97. The monoisotopic (exact) mass is 306 g/mol. The second-order valence-electron chi connectivity index (χ2n) is 4.47. The van der Waals surface area contributed by atoms with Crippen LogP contribution in [0.1, 0.15) is 21.5 Å². The number of benzene rings is 2. The highest BCUT2D eigenvalue weighted by atomic mass is 32.1. The molecule has 3 nitrogen and oxygen atoms in total. The summed E-state index contributed by atoms with van der Waals surface area (Å²) in [7, 11) is 0. The fraction of sp³-hybridized carbons (Fsp3) is 0.0667. The molecule has 108 valence electrons. The molecule has 0 aliphatic carbocycles. The number of halogens is 2. The Balaban J connectivity index is 2.29. The molecule has 3 N–H and O–H groups in total. The zero-order valence-corrected chi connectivity index (χ0v) is 11.9. The van der Waals surface area contributed by atoms with Gasteiger partial charge in [0.1, 0.15) is 16.6 Å². The molecule has 1 amide bonds. The zero-order valence-electron chi connectivity index (χ0n) is 11.1. The van der Waals surface area contributed by atoms with Gasteiger partial charge in [0.25, 0.3) is 5.91 Å². The Hall–Kier alpha value is -2.34. The molecule has 0 aliphatic heterocycles. The summed E-state index contributed by atoms with van der Waals surface area (Å²) < 4.78 is 26.7. The maximum absolute atomic E-state index is 13.5. The van der Waals surface area contributed by atoms with Crippen LogP contribution >= 0.6 is 12.2 Å². The van der Waals surface area contributed by atoms with Crippen LogP contribution in [-0.2, 0) is 0 Å². The van der Waals surface area contributed by atoms with E-state index in [9.17, 15) is 13.6 Å². The predicted molar refractivity (Wildman–Crippen MR) is 81.4 cm³/mol. The maximum Gasteiger partial charge on any atom is 0.256 e. The summed E-state index contributed by atoms with van der Waals surface area (Å²) in [5, 5.41) is 2.56. The van der Waals surface area contributed by atoms with Gasteiger partial charge in [0.2, 0.25) is 0 Å². The van der Waals surface area contributed by atoms with E-state index in [0.29, 0.717) is 11.3 Å². The highest BCUT2D eigenvalue weighted by Gasteiger charge is 2.12. The number of aryl methyl sites for hydroxylation is 1. The van der Waals surface area contributed by atoms with E-state index in [1.165, 1.54) is 24.3 Å². The largest absolute Gasteiger partial charge is 0.389 e. The Morgan fingerprint density at radius 3 is 2.52 bits per heavy atom. The lowest BCUT2D eigenvalue weighted by molar-refractivity contribution is 0.102. The van der Waals surface area contributed by atoms with Crippen molar-refractivity contribution in [1.82, 2.24) is 0 Å². The van der Waals surface area contributed by atoms with Gasteiger partial charge in [-0.3, -0.25) is 4.79 Å². The number of amides is 1. The van der Waals surface area contributed by atoms with E-state index in [4.69, 9.17) is 18.0 Å². The van der Waals surface area contributed by atoms with Crippen LogP contribution in [0.4, 0.5) is 14.5 Å². The SMILES string of the molecule is Cc1ccc(F)cc1C(=O)Nc1ccc(F)c(C(N)=S)c1. The molecule has 0 spiro atoms. The Bertz CT molecular complexity index is 732. The van der Waals surface area contributed by atoms with Crippen LogP contribution < -0.4 is 11.1 Å². The van der Waals surface area contributed by atoms with Gasteiger partial charge in [0.05, 0.1) is 0 Å². The average molecular weight is 306 g/mol. The summed E-state index contributed by atoms with van der Waals surface area (Å²) in [4.78, 5) is 12.0. The maximum atomic E-state index is 13.5. The third-order valence-corrected chi connectivity index (χ3v) is 3.15. The number of nitrogens with one attached hydrogen (secondary N) is 1. The van der Waals surface area contributed by atoms with Crippen LogP contribution in [0, 0.1) is 18.6 Å². The lowest BCUT2D eigenvalue weighted by Gasteiger charge is -2.09. The van der Waals surface area contributed by atoms with Crippen molar-refractivity contribution in [2.75, 3.05) is 5.32 Å². The van der Waals surface area contributed by atoms with E-state index in [-0.39, 0.29) is 16.1 Å². The Labute approximate surface area is 125 Å². The van der Waals surface area contributed by atoms with Gasteiger partial charge in [-0.1, -0.05) is 18.3 Å². The summed E-state index contributed by atoms with van der Waals surface area (Å²) >= 11 is 4.73. The van der Waals surface area contributed by atoms with Gasteiger partial charge in [0.15, 0.2) is 0 Å². The first-order valence-electron chi connectivity index (χ1n) is 6.05. The van der Waals surface area contributed by atoms with Crippen molar-refractivity contribution < 1.29 is 13.6 Å². The number of hydrogen-bond donors (Lipinski definition) is 2. The number of carbonyl (C=O) groups excluding carboxylic acids is 1. The lowest BCUT2D eigenvalue weighted by Crippen LogP contribution is -2.16. The topological polar surface area (TPSA) is 55.1 Å². The number of nitrogens with two attached hydrogens (primary N) is 1. The minimum Gasteiger partial charge on any atom is -0.389 e. The highest BCUT2D eigenvalue weighted by molar-refractivity contribution is 7.80. The van der Waals surface area contributed by atoms with E-state index < -0.39 is 17.5 Å². The molecule has 2 aromatic rings. The summed E-state index contributed by atoms with van der Waals surface area (Å²) in [6.45, 7) is 1.69. The number of anilines is 1. The molecule has 21 heavy (non-hydrogen) atoms. The van der Waals surface area contributed by atoms with Crippen molar-refractivity contribution in [3.05, 3.63) is 64.7 Å². The molecule has 0 unspecified atom stereocenters. The van der Waals surface area contributed by atoms with Crippen LogP contribution in [0.5, 0.6) is 0 Å². The van der Waals surface area contributed by atoms with Crippen LogP contribution in [0.25, 0.3) is 0 Å². The van der Waals surface area contributed by atoms with E-state index in [0.717, 1.165) is 12.1 Å². The normalized spacial score (nSPS) is 10.2. The molecule has 0 aliphatic rings. The molecule has 6 heteroatoms. The Morgan fingerprint density at radius 1 is 1.14 bits per heavy atom. The molecule has 2 rings (SSSR count). The van der Waals surface area contributed by atoms with Gasteiger partial charge >= 0.3 is 0 Å². The standard InChI is InChI=1S/C15H12F2N2OS/c1-8-2-3-9(16)6-11(8)15(20)19-10-4-5-13(17)12(7-10)14(18)21/h2-7H,1H3,(H2,18,21)(H,19,20). The first kappa shape index (κ1) is 15.1. The van der Waals surface area contributed by atoms with Gasteiger partial charge in [-0.2, -0.15) is 0 Å². The van der Waals surface area contributed by atoms with Crippen molar-refractivity contribution in [2.24, 2.45) is 5.73 Å². The van der Waals surface area contributed by atoms with Gasteiger partial charge in [0, 0.05) is 16.8 Å². The van der Waals surface area contributed by atoms with Crippen molar-refractivity contribution >= 4 is 28.8 Å². The minimum absolute atomic E-state index is 0.0405. The van der Waals surface area contributed by atoms with Gasteiger partial charge in [-0.05, 0) is 42.8 Å². The predicted octanol–water partition coefficient (Wildman–Crippen LogP) is 3.16. The molecule has 0 fully saturated rings. The lowest BCUT2D eigenvalue weighted by atomic mass is 10.1. The smallest absolute Gasteiger partial charge is 0.256 e. The first-order chi connectivity index (χ1) is 9.88. The molecular weight excluding hydrogens is 294 g/mol. The van der Waals surface area contributed by atoms with E-state index in [2.05, 4.69) is 5.32 Å². The molecule has 0 heterocycles. The van der Waals surface area contributed by atoms with Crippen molar-refractivity contribution in [2.45, 2.75) is 6.92 Å². The third kappa shape index (κ3) is 3.41. The zero-order chi connectivity index (χ0) is 15.6. The van der Waals surface area contributed by atoms with E-state index in [1.807, 2.05) is 0 Å². The Kier molecular flexibility index (Phi) is 4.28. The highest BCUT2D eigenvalue weighted by Crippen LogP contribution is 2.17. The number of carbonyl (C=O) groups is 1. The molecule has 0 saturated carbocycles. The summed E-state index contributed by atoms with van der Waals surface area (Å²) in [5.41, 5.74) is 6.60. The minimum atomic E-state index is -0.567. The fourth-order valence-corrected chi connectivity index (χ4v) is 1.99. The number of rotatable bonds is 3. The summed E-state index contributed by atoms with van der Waals surface area (Å²) in [6, 6.07) is 7.79. The van der Waals surface area contributed by atoms with Crippen LogP contribution in [0.3, 0.4) is 0 Å². The Morgan fingerprint density at radius 2 is 1.86 bits per heavy atom. The molecule has 0 aromatic heterocycles. The van der Waals surface area contributed by atoms with Crippen LogP contribution in [-0.4, -0.2) is 10.9 Å². The summed E-state index contributed by atoms with van der Waals surface area (Å²) in [5.74, 6) is -1.57. The second-order valence-corrected chi connectivity index (χ2v) is 4.91. The van der Waals surface area contributed by atoms with Crippen molar-refractivity contribution in [1.29, 1.82) is 0 Å². The quantitative estimate of drug-likeness (QED) is 0.857. The molecular formula is C15H12F2N2OS. The van der Waals surface area contributed by atoms with Gasteiger partial charge < -0.3 is 11.1 Å². The first-order valence-corrected chi connectivity index (χ1v) is 6.46. The third-order valence-electron chi connectivity index (χ3n) is 2.93. The van der Waals surface area contributed by atoms with E-state index >= 15 is 0 Å².